The number of alkyl halides is 2. The lowest BCUT2D eigenvalue weighted by Gasteiger charge is -2.46. The van der Waals surface area contributed by atoms with Gasteiger partial charge in [0.25, 0.3) is 5.92 Å². The lowest BCUT2D eigenvalue weighted by atomic mass is 9.75. The van der Waals surface area contributed by atoms with Crippen LogP contribution in [0.5, 0.6) is 0 Å². The molecule has 22 heavy (non-hydrogen) atoms. The van der Waals surface area contributed by atoms with E-state index in [-0.39, 0.29) is 6.42 Å². The molecule has 6 heteroatoms. The highest BCUT2D eigenvalue weighted by molar-refractivity contribution is 5.38. The Labute approximate surface area is 129 Å². The van der Waals surface area contributed by atoms with Crippen LogP contribution in [0.4, 0.5) is 14.6 Å². The summed E-state index contributed by atoms with van der Waals surface area (Å²) in [6.45, 7) is 3.10. The fourth-order valence-electron chi connectivity index (χ4n) is 3.96. The molecule has 0 bridgehead atoms. The fourth-order valence-corrected chi connectivity index (χ4v) is 3.96. The van der Waals surface area contributed by atoms with Crippen molar-refractivity contribution in [2.24, 2.45) is 11.3 Å². The molecule has 1 unspecified atom stereocenters. The Morgan fingerprint density at radius 3 is 2.73 bits per heavy atom. The molecule has 0 aromatic carbocycles. The predicted molar refractivity (Wildman–Crippen MR) is 80.0 cm³/mol. The van der Waals surface area contributed by atoms with Crippen molar-refractivity contribution in [3.63, 3.8) is 0 Å². The summed E-state index contributed by atoms with van der Waals surface area (Å²) >= 11 is 0. The molecule has 1 aliphatic carbocycles. The van der Waals surface area contributed by atoms with E-state index in [2.05, 4.69) is 14.9 Å². The Balaban J connectivity index is 1.52. The number of hydrogen-bond acceptors (Lipinski definition) is 4. The topological polar surface area (TPSA) is 32.3 Å². The van der Waals surface area contributed by atoms with Gasteiger partial charge < -0.3 is 9.80 Å². The Morgan fingerprint density at radius 1 is 1.14 bits per heavy atom. The van der Waals surface area contributed by atoms with Gasteiger partial charge in [-0.3, -0.25) is 4.98 Å². The van der Waals surface area contributed by atoms with Gasteiger partial charge in [0.05, 0.1) is 11.6 Å². The maximum absolute atomic E-state index is 14.7. The average Bonchev–Trinajstić information content (AvgIpc) is 3.22. The second-order valence-corrected chi connectivity index (χ2v) is 7.15. The van der Waals surface area contributed by atoms with Crippen LogP contribution in [0.25, 0.3) is 0 Å². The minimum Gasteiger partial charge on any atom is -0.354 e. The normalized spacial score (nSPS) is 31.8. The molecule has 3 heterocycles. The SMILES string of the molecule is FC1(F)CCN(CC2CC2)CC12CCN(c1cnccn1)C2. The van der Waals surface area contributed by atoms with E-state index >= 15 is 0 Å². The van der Waals surface area contributed by atoms with E-state index in [1.807, 2.05) is 4.90 Å². The first-order valence-electron chi connectivity index (χ1n) is 8.19. The van der Waals surface area contributed by atoms with Crippen LogP contribution >= 0.6 is 0 Å². The number of anilines is 1. The summed E-state index contributed by atoms with van der Waals surface area (Å²) in [5.41, 5.74) is -0.919. The van der Waals surface area contributed by atoms with Gasteiger partial charge in [0, 0.05) is 51.5 Å². The number of likely N-dealkylation sites (tertiary alicyclic amines) is 1. The quantitative estimate of drug-likeness (QED) is 0.858. The van der Waals surface area contributed by atoms with Crippen LogP contribution in [0, 0.1) is 11.3 Å². The zero-order valence-corrected chi connectivity index (χ0v) is 12.7. The summed E-state index contributed by atoms with van der Waals surface area (Å²) in [4.78, 5) is 12.6. The van der Waals surface area contributed by atoms with Gasteiger partial charge in [-0.05, 0) is 25.2 Å². The monoisotopic (exact) mass is 308 g/mol. The van der Waals surface area contributed by atoms with E-state index < -0.39 is 11.3 Å². The van der Waals surface area contributed by atoms with Crippen LogP contribution in [0.2, 0.25) is 0 Å². The molecule has 3 fully saturated rings. The number of aromatic nitrogens is 2. The van der Waals surface area contributed by atoms with Crippen molar-refractivity contribution in [1.29, 1.82) is 0 Å². The highest BCUT2D eigenvalue weighted by Gasteiger charge is 2.59. The Kier molecular flexibility index (Phi) is 3.33. The number of nitrogens with zero attached hydrogens (tertiary/aromatic N) is 4. The lowest BCUT2D eigenvalue weighted by Crippen LogP contribution is -2.57. The van der Waals surface area contributed by atoms with Crippen molar-refractivity contribution < 1.29 is 8.78 Å². The number of rotatable bonds is 3. The van der Waals surface area contributed by atoms with Crippen LogP contribution in [0.1, 0.15) is 25.7 Å². The van der Waals surface area contributed by atoms with E-state index in [0.717, 1.165) is 18.3 Å². The summed E-state index contributed by atoms with van der Waals surface area (Å²) in [5.74, 6) is -1.11. The van der Waals surface area contributed by atoms with Crippen LogP contribution < -0.4 is 4.90 Å². The molecule has 0 radical (unpaired) electrons. The molecule has 2 saturated heterocycles. The largest absolute Gasteiger partial charge is 0.354 e. The Bertz CT molecular complexity index is 534. The first kappa shape index (κ1) is 14.3. The molecule has 3 aliphatic rings. The molecule has 1 aromatic rings. The second kappa shape index (κ2) is 5.11. The van der Waals surface area contributed by atoms with E-state index in [4.69, 9.17) is 0 Å². The third-order valence-corrected chi connectivity index (χ3v) is 5.48. The number of hydrogen-bond donors (Lipinski definition) is 0. The van der Waals surface area contributed by atoms with Crippen molar-refractivity contribution in [1.82, 2.24) is 14.9 Å². The van der Waals surface area contributed by atoms with Crippen molar-refractivity contribution in [2.45, 2.75) is 31.6 Å². The summed E-state index contributed by atoms with van der Waals surface area (Å²) in [6.07, 6.45) is 7.98. The van der Waals surface area contributed by atoms with Gasteiger partial charge in [0.15, 0.2) is 0 Å². The maximum Gasteiger partial charge on any atom is 0.257 e. The minimum atomic E-state index is -2.58. The van der Waals surface area contributed by atoms with Gasteiger partial charge in [-0.1, -0.05) is 0 Å². The Morgan fingerprint density at radius 2 is 2.00 bits per heavy atom. The van der Waals surface area contributed by atoms with Crippen LogP contribution in [-0.4, -0.2) is 53.5 Å². The molecule has 0 amide bonds. The third-order valence-electron chi connectivity index (χ3n) is 5.48. The summed E-state index contributed by atoms with van der Waals surface area (Å²) in [5, 5.41) is 0. The predicted octanol–water partition coefficient (Wildman–Crippen LogP) is 2.42. The van der Waals surface area contributed by atoms with E-state index in [1.165, 1.54) is 12.8 Å². The summed E-state index contributed by atoms with van der Waals surface area (Å²) < 4.78 is 29.4. The van der Waals surface area contributed by atoms with Gasteiger partial charge in [0.1, 0.15) is 5.82 Å². The highest BCUT2D eigenvalue weighted by atomic mass is 19.3. The molecule has 1 atom stereocenters. The standard InChI is InChI=1S/C16H22F2N4/c17-16(18)4-7-21(10-13-1-2-13)11-15(16)3-8-22(12-15)14-9-19-5-6-20-14/h5-6,9,13H,1-4,7-8,10-12H2. The van der Waals surface area contributed by atoms with Gasteiger partial charge in [-0.25, -0.2) is 13.8 Å². The maximum atomic E-state index is 14.7. The molecule has 1 aromatic heterocycles. The van der Waals surface area contributed by atoms with Crippen LogP contribution in [0.15, 0.2) is 18.6 Å². The summed E-state index contributed by atoms with van der Waals surface area (Å²) in [7, 11) is 0. The molecule has 4 rings (SSSR count). The molecule has 2 aliphatic heterocycles. The van der Waals surface area contributed by atoms with Gasteiger partial charge in [-0.15, -0.1) is 0 Å². The Hall–Kier alpha value is -1.30. The van der Waals surface area contributed by atoms with E-state index in [0.29, 0.717) is 32.6 Å². The van der Waals surface area contributed by atoms with Crippen molar-refractivity contribution in [3.8, 4) is 0 Å². The smallest absolute Gasteiger partial charge is 0.257 e. The molecule has 1 saturated carbocycles. The highest BCUT2D eigenvalue weighted by Crippen LogP contribution is 2.50. The number of piperidine rings is 1. The van der Waals surface area contributed by atoms with Gasteiger partial charge in [0.2, 0.25) is 0 Å². The van der Waals surface area contributed by atoms with Crippen LogP contribution in [0.3, 0.4) is 0 Å². The summed E-state index contributed by atoms with van der Waals surface area (Å²) in [6, 6.07) is 0. The zero-order chi connectivity index (χ0) is 15.2. The first-order chi connectivity index (χ1) is 10.6. The third kappa shape index (κ3) is 2.47. The minimum absolute atomic E-state index is 0.00592. The van der Waals surface area contributed by atoms with Crippen molar-refractivity contribution in [3.05, 3.63) is 18.6 Å². The van der Waals surface area contributed by atoms with Gasteiger partial charge >= 0.3 is 0 Å². The zero-order valence-electron chi connectivity index (χ0n) is 12.7. The van der Waals surface area contributed by atoms with Crippen LogP contribution in [-0.2, 0) is 0 Å². The molecule has 4 nitrogen and oxygen atoms in total. The molecule has 0 N–H and O–H groups in total. The molecule has 1 spiro atoms. The van der Waals surface area contributed by atoms with Gasteiger partial charge in [-0.2, -0.15) is 0 Å². The fraction of sp³-hybridized carbons (Fsp3) is 0.750. The van der Waals surface area contributed by atoms with E-state index in [9.17, 15) is 8.78 Å². The first-order valence-corrected chi connectivity index (χ1v) is 8.19. The second-order valence-electron chi connectivity index (χ2n) is 7.15. The molecular weight excluding hydrogens is 286 g/mol. The van der Waals surface area contributed by atoms with E-state index in [1.54, 1.807) is 18.6 Å². The average molecular weight is 308 g/mol. The van der Waals surface area contributed by atoms with Crippen molar-refractivity contribution in [2.75, 3.05) is 37.6 Å². The molecular formula is C16H22F2N4. The lowest BCUT2D eigenvalue weighted by molar-refractivity contribution is -0.157. The van der Waals surface area contributed by atoms with Crippen molar-refractivity contribution >= 4 is 5.82 Å². The number of halogens is 2. The molecule has 120 valence electrons.